The summed E-state index contributed by atoms with van der Waals surface area (Å²) in [5.74, 6) is -0.194. The summed E-state index contributed by atoms with van der Waals surface area (Å²) < 4.78 is 19.2. The highest BCUT2D eigenvalue weighted by Gasteiger charge is 2.31. The van der Waals surface area contributed by atoms with E-state index in [1.807, 2.05) is 24.2 Å². The smallest absolute Gasteiger partial charge is 0.338 e. The van der Waals surface area contributed by atoms with Crippen LogP contribution in [0, 0.1) is 5.82 Å². The number of nitrogens with one attached hydrogen (secondary N) is 1. The van der Waals surface area contributed by atoms with Crippen LogP contribution in [0.25, 0.3) is 11.1 Å². The second-order valence-electron chi connectivity index (χ2n) is 13.1. The van der Waals surface area contributed by atoms with Gasteiger partial charge in [-0.15, -0.1) is 0 Å². The molecule has 0 spiro atoms. The van der Waals surface area contributed by atoms with Gasteiger partial charge >= 0.3 is 5.97 Å². The molecule has 258 valence electrons. The molecule has 0 unspecified atom stereocenters. The Kier molecular flexibility index (Phi) is 9.27. The van der Waals surface area contributed by atoms with Crippen LogP contribution in [0.2, 0.25) is 0 Å². The fourth-order valence-electron chi connectivity index (χ4n) is 7.05. The number of fused-ring (bicyclic) bond motifs is 1. The standard InChI is InChI=1S/C34H42FN11O3/c1-23(47)45-10-7-31-28(22-45)32(39-30-4-3-24(17-29(30)35)26-20-38-41(2)21-26)40-46(31)27-5-8-42(9-6-27)11-12-43-13-15-44(16-14-43)34-36-18-25(19-37-34)33(48)49/h3-4,17-21,27H,5-16,22H2,1-2H3,(H,39,40)(H,48,49). The number of rotatable bonds is 9. The highest BCUT2D eigenvalue weighted by Crippen LogP contribution is 2.34. The molecule has 2 fully saturated rings. The van der Waals surface area contributed by atoms with Crippen molar-refractivity contribution in [3.8, 4) is 11.1 Å². The number of carbonyl (C=O) groups excluding carboxylic acids is 1. The highest BCUT2D eigenvalue weighted by atomic mass is 19.1. The maximum absolute atomic E-state index is 15.4. The molecule has 0 atom stereocenters. The molecule has 0 aliphatic carbocycles. The van der Waals surface area contributed by atoms with E-state index < -0.39 is 5.97 Å². The third kappa shape index (κ3) is 7.13. The van der Waals surface area contributed by atoms with Crippen molar-refractivity contribution < 1.29 is 19.1 Å². The molecule has 2 saturated heterocycles. The monoisotopic (exact) mass is 671 g/mol. The van der Waals surface area contributed by atoms with E-state index in [9.17, 15) is 9.59 Å². The molecule has 15 heteroatoms. The van der Waals surface area contributed by atoms with E-state index in [0.717, 1.165) is 87.6 Å². The zero-order valence-corrected chi connectivity index (χ0v) is 27.9. The van der Waals surface area contributed by atoms with E-state index in [1.54, 1.807) is 23.9 Å². The molecular weight excluding hydrogens is 629 g/mol. The maximum Gasteiger partial charge on any atom is 0.338 e. The summed E-state index contributed by atoms with van der Waals surface area (Å²) in [7, 11) is 1.83. The Morgan fingerprint density at radius 3 is 2.31 bits per heavy atom. The molecule has 0 saturated carbocycles. The number of aromatic carboxylic acids is 1. The lowest BCUT2D eigenvalue weighted by Crippen LogP contribution is -2.49. The number of benzene rings is 1. The van der Waals surface area contributed by atoms with Gasteiger partial charge in [0.2, 0.25) is 11.9 Å². The molecule has 4 aromatic rings. The molecule has 14 nitrogen and oxygen atoms in total. The van der Waals surface area contributed by atoms with Gasteiger partial charge in [-0.05, 0) is 30.5 Å². The fraction of sp³-hybridized carbons (Fsp3) is 0.471. The number of anilines is 3. The minimum absolute atomic E-state index is 0.0220. The highest BCUT2D eigenvalue weighted by molar-refractivity contribution is 5.86. The Morgan fingerprint density at radius 1 is 0.959 bits per heavy atom. The van der Waals surface area contributed by atoms with Crippen molar-refractivity contribution in [3.05, 3.63) is 65.6 Å². The molecule has 1 aromatic carbocycles. The summed E-state index contributed by atoms with van der Waals surface area (Å²) in [6, 6.07) is 5.35. The van der Waals surface area contributed by atoms with E-state index in [2.05, 4.69) is 39.8 Å². The van der Waals surface area contributed by atoms with Gasteiger partial charge in [-0.3, -0.25) is 19.1 Å². The predicted octanol–water partition coefficient (Wildman–Crippen LogP) is 3.02. The van der Waals surface area contributed by atoms with Crippen molar-refractivity contribution in [2.45, 2.75) is 38.8 Å². The summed E-state index contributed by atoms with van der Waals surface area (Å²) in [6.45, 7) is 10.00. The fourth-order valence-corrected chi connectivity index (χ4v) is 7.05. The van der Waals surface area contributed by atoms with Gasteiger partial charge in [0.15, 0.2) is 5.82 Å². The summed E-state index contributed by atoms with van der Waals surface area (Å²) >= 11 is 0. The molecule has 3 aliphatic rings. The minimum Gasteiger partial charge on any atom is -0.478 e. The lowest BCUT2D eigenvalue weighted by atomic mass is 10.0. The molecule has 2 N–H and O–H groups in total. The Balaban J connectivity index is 0.963. The summed E-state index contributed by atoms with van der Waals surface area (Å²) in [5, 5.41) is 21.6. The van der Waals surface area contributed by atoms with Crippen molar-refractivity contribution >= 4 is 29.3 Å². The SMILES string of the molecule is CC(=O)N1CCc2c(c(Nc3ccc(-c4cnn(C)c4)cc3F)nn2C2CCN(CCN3CCN(c4ncc(C(=O)O)cn4)CC3)CC2)C1. The van der Waals surface area contributed by atoms with Gasteiger partial charge < -0.3 is 25.1 Å². The average Bonchev–Trinajstić information content (AvgIpc) is 3.72. The van der Waals surface area contributed by atoms with Crippen LogP contribution in [0.3, 0.4) is 0 Å². The van der Waals surface area contributed by atoms with E-state index >= 15 is 4.39 Å². The van der Waals surface area contributed by atoms with Gasteiger partial charge in [-0.1, -0.05) is 6.07 Å². The molecule has 7 rings (SSSR count). The van der Waals surface area contributed by atoms with Crippen LogP contribution >= 0.6 is 0 Å². The van der Waals surface area contributed by atoms with Gasteiger partial charge in [-0.2, -0.15) is 10.2 Å². The van der Waals surface area contributed by atoms with Crippen LogP contribution in [0.4, 0.5) is 21.8 Å². The number of nitrogens with zero attached hydrogens (tertiary/aromatic N) is 10. The van der Waals surface area contributed by atoms with E-state index in [0.29, 0.717) is 37.0 Å². The summed E-state index contributed by atoms with van der Waals surface area (Å²) in [6.07, 6.45) is 8.94. The first kappa shape index (κ1) is 32.6. The number of carbonyl (C=O) groups is 2. The van der Waals surface area contributed by atoms with Crippen LogP contribution in [0.1, 0.15) is 47.4 Å². The Bertz CT molecular complexity index is 1810. The topological polar surface area (TPSA) is 141 Å². The minimum atomic E-state index is -1.02. The second-order valence-corrected chi connectivity index (χ2v) is 13.1. The number of aromatic nitrogens is 6. The van der Waals surface area contributed by atoms with Gasteiger partial charge in [-0.25, -0.2) is 19.2 Å². The number of likely N-dealkylation sites (tertiary alicyclic amines) is 1. The number of halogens is 1. The van der Waals surface area contributed by atoms with E-state index in [1.165, 1.54) is 18.5 Å². The zero-order chi connectivity index (χ0) is 34.1. The Labute approximate surface area is 284 Å². The van der Waals surface area contributed by atoms with Crippen LogP contribution in [-0.4, -0.2) is 120 Å². The normalized spacial score (nSPS) is 17.7. The number of hydrogen-bond donors (Lipinski definition) is 2. The van der Waals surface area contributed by atoms with Crippen molar-refractivity contribution in [1.82, 2.24) is 44.2 Å². The van der Waals surface area contributed by atoms with Gasteiger partial charge in [0.05, 0.1) is 30.0 Å². The molecular formula is C34H42FN11O3. The van der Waals surface area contributed by atoms with Crippen molar-refractivity contribution in [2.75, 3.05) is 69.1 Å². The average molecular weight is 672 g/mol. The number of piperidine rings is 1. The molecule has 1 amide bonds. The van der Waals surface area contributed by atoms with E-state index in [-0.39, 0.29) is 23.3 Å². The van der Waals surface area contributed by atoms with Crippen molar-refractivity contribution in [2.24, 2.45) is 7.05 Å². The Hall–Kier alpha value is -4.89. The third-order valence-electron chi connectivity index (χ3n) is 9.97. The van der Waals surface area contributed by atoms with Crippen molar-refractivity contribution in [1.29, 1.82) is 0 Å². The second kappa shape index (κ2) is 13.9. The summed E-state index contributed by atoms with van der Waals surface area (Å²) in [4.78, 5) is 40.8. The molecule has 0 radical (unpaired) electrons. The Morgan fingerprint density at radius 2 is 1.67 bits per heavy atom. The first-order valence-electron chi connectivity index (χ1n) is 16.9. The largest absolute Gasteiger partial charge is 0.478 e. The number of piperazine rings is 1. The van der Waals surface area contributed by atoms with E-state index in [4.69, 9.17) is 10.2 Å². The number of aryl methyl sites for hydroxylation is 1. The van der Waals surface area contributed by atoms with Crippen LogP contribution in [0.5, 0.6) is 0 Å². The molecule has 6 heterocycles. The first-order valence-corrected chi connectivity index (χ1v) is 16.9. The maximum atomic E-state index is 15.4. The molecule has 3 aliphatic heterocycles. The molecule has 0 bridgehead atoms. The zero-order valence-electron chi connectivity index (χ0n) is 27.9. The van der Waals surface area contributed by atoms with Gasteiger partial charge in [0.1, 0.15) is 5.82 Å². The number of amides is 1. The van der Waals surface area contributed by atoms with Crippen LogP contribution in [0.15, 0.2) is 43.0 Å². The van der Waals surface area contributed by atoms with Crippen molar-refractivity contribution in [3.63, 3.8) is 0 Å². The van der Waals surface area contributed by atoms with Crippen LogP contribution in [-0.2, 0) is 24.8 Å². The predicted molar refractivity (Wildman–Crippen MR) is 181 cm³/mol. The summed E-state index contributed by atoms with van der Waals surface area (Å²) in [5.41, 5.74) is 4.12. The first-order chi connectivity index (χ1) is 23.7. The number of carboxylic acids is 1. The van der Waals surface area contributed by atoms with Gasteiger partial charge in [0, 0.05) is 115 Å². The lowest BCUT2D eigenvalue weighted by Gasteiger charge is -2.37. The molecule has 3 aromatic heterocycles. The van der Waals surface area contributed by atoms with Gasteiger partial charge in [0.25, 0.3) is 0 Å². The number of hydrogen-bond acceptors (Lipinski definition) is 10. The van der Waals surface area contributed by atoms with Crippen LogP contribution < -0.4 is 10.2 Å². The quantitative estimate of drug-likeness (QED) is 0.271. The number of carboxylic acid groups (broad SMARTS) is 1. The molecule has 49 heavy (non-hydrogen) atoms. The third-order valence-corrected chi connectivity index (χ3v) is 9.97. The lowest BCUT2D eigenvalue weighted by molar-refractivity contribution is -0.129.